The largest absolute Gasteiger partial charge is 0.375 e. The number of anilines is 1. The topological polar surface area (TPSA) is 68.2 Å². The smallest absolute Gasteiger partial charge is 0.225 e. The first-order valence-corrected chi connectivity index (χ1v) is 11.6. The van der Waals surface area contributed by atoms with E-state index in [0.717, 1.165) is 48.1 Å². The molecule has 0 spiro atoms. The fourth-order valence-corrected chi connectivity index (χ4v) is 4.58. The lowest BCUT2D eigenvalue weighted by molar-refractivity contribution is 0.102. The number of hydrogen-bond acceptors (Lipinski definition) is 6. The van der Waals surface area contributed by atoms with Gasteiger partial charge in [-0.3, -0.25) is 9.19 Å². The van der Waals surface area contributed by atoms with Crippen LogP contribution in [0, 0.1) is 17.8 Å². The summed E-state index contributed by atoms with van der Waals surface area (Å²) in [5.74, 6) is 3.01. The number of rotatable bonds is 7. The normalized spacial score (nSPS) is 23.6. The maximum Gasteiger partial charge on any atom is 0.225 e. The Balaban J connectivity index is 1.17. The molecule has 0 aromatic carbocycles. The van der Waals surface area contributed by atoms with Crippen LogP contribution in [0.1, 0.15) is 25.0 Å². The van der Waals surface area contributed by atoms with Crippen LogP contribution in [-0.2, 0) is 22.1 Å². The van der Waals surface area contributed by atoms with Gasteiger partial charge in [-0.05, 0) is 49.1 Å². The molecular formula is C20H25ClN4O2S. The van der Waals surface area contributed by atoms with Gasteiger partial charge in [0.25, 0.3) is 0 Å². The Labute approximate surface area is 173 Å². The van der Waals surface area contributed by atoms with E-state index in [0.29, 0.717) is 17.5 Å². The minimum absolute atomic E-state index is 0.520. The lowest BCUT2D eigenvalue weighted by atomic mass is 9.91. The third-order valence-corrected chi connectivity index (χ3v) is 6.82. The number of pyridine rings is 1. The number of ether oxygens (including phenoxy) is 1. The molecule has 2 aromatic rings. The summed E-state index contributed by atoms with van der Waals surface area (Å²) in [6.07, 6.45) is 10.3. The van der Waals surface area contributed by atoms with E-state index in [1.165, 1.54) is 19.3 Å². The zero-order chi connectivity index (χ0) is 19.5. The second-order valence-corrected chi connectivity index (χ2v) is 9.46. The van der Waals surface area contributed by atoms with Crippen LogP contribution in [0.5, 0.6) is 0 Å². The van der Waals surface area contributed by atoms with Gasteiger partial charge in [-0.15, -0.1) is 0 Å². The molecule has 2 fully saturated rings. The van der Waals surface area contributed by atoms with Gasteiger partial charge in [0.2, 0.25) is 5.95 Å². The van der Waals surface area contributed by atoms with E-state index in [1.54, 1.807) is 24.8 Å². The SMILES string of the molecule is CS(=O)c1ccc(COC[C@@H]2C[C@@H]2C2CCN(c3ncc(Cl)cn3)CC2)nc1. The molecule has 3 atom stereocenters. The molecule has 1 saturated carbocycles. The Morgan fingerprint density at radius 3 is 2.57 bits per heavy atom. The highest BCUT2D eigenvalue weighted by Gasteiger charge is 2.43. The van der Waals surface area contributed by atoms with Crippen molar-refractivity contribution in [3.63, 3.8) is 0 Å². The molecule has 1 aliphatic carbocycles. The minimum Gasteiger partial charge on any atom is -0.375 e. The first kappa shape index (κ1) is 19.7. The van der Waals surface area contributed by atoms with Crippen LogP contribution in [0.3, 0.4) is 0 Å². The molecule has 0 amide bonds. The average Bonchev–Trinajstić information content (AvgIpc) is 3.49. The molecule has 1 unspecified atom stereocenters. The fraction of sp³-hybridized carbons (Fsp3) is 0.550. The van der Waals surface area contributed by atoms with Crippen LogP contribution in [-0.4, -0.2) is 45.1 Å². The third-order valence-electron chi connectivity index (χ3n) is 5.72. The molecule has 3 heterocycles. The van der Waals surface area contributed by atoms with Gasteiger partial charge in [-0.1, -0.05) is 11.6 Å². The van der Waals surface area contributed by atoms with E-state index in [1.807, 2.05) is 12.1 Å². The third kappa shape index (κ3) is 4.88. The number of nitrogens with zero attached hydrogens (tertiary/aromatic N) is 4. The number of halogens is 1. The Morgan fingerprint density at radius 2 is 1.93 bits per heavy atom. The molecule has 0 radical (unpaired) electrons. The van der Waals surface area contributed by atoms with Gasteiger partial charge in [-0.2, -0.15) is 0 Å². The Hall–Kier alpha value is -1.57. The second-order valence-electron chi connectivity index (χ2n) is 7.64. The maximum atomic E-state index is 11.4. The van der Waals surface area contributed by atoms with Gasteiger partial charge < -0.3 is 9.64 Å². The molecular weight excluding hydrogens is 396 g/mol. The van der Waals surface area contributed by atoms with Crippen molar-refractivity contribution in [1.29, 1.82) is 0 Å². The van der Waals surface area contributed by atoms with Gasteiger partial charge >= 0.3 is 0 Å². The van der Waals surface area contributed by atoms with Crippen LogP contribution < -0.4 is 4.90 Å². The second kappa shape index (κ2) is 8.84. The van der Waals surface area contributed by atoms with Crippen molar-refractivity contribution in [3.8, 4) is 0 Å². The molecule has 150 valence electrons. The van der Waals surface area contributed by atoms with Gasteiger partial charge in [0, 0.05) is 25.5 Å². The fourth-order valence-electron chi connectivity index (χ4n) is 4.02. The van der Waals surface area contributed by atoms with Crippen LogP contribution >= 0.6 is 11.6 Å². The quantitative estimate of drug-likeness (QED) is 0.684. The van der Waals surface area contributed by atoms with E-state index in [4.69, 9.17) is 16.3 Å². The van der Waals surface area contributed by atoms with Gasteiger partial charge in [0.15, 0.2) is 0 Å². The summed E-state index contributed by atoms with van der Waals surface area (Å²) < 4.78 is 17.3. The Bertz CT molecular complexity index is 810. The van der Waals surface area contributed by atoms with E-state index in [-0.39, 0.29) is 0 Å². The van der Waals surface area contributed by atoms with Crippen molar-refractivity contribution in [2.75, 3.05) is 30.9 Å². The van der Waals surface area contributed by atoms with E-state index in [9.17, 15) is 4.21 Å². The van der Waals surface area contributed by atoms with Crippen molar-refractivity contribution < 1.29 is 8.95 Å². The lowest BCUT2D eigenvalue weighted by Crippen LogP contribution is -2.35. The molecule has 0 N–H and O–H groups in total. The van der Waals surface area contributed by atoms with Crippen molar-refractivity contribution in [1.82, 2.24) is 15.0 Å². The Morgan fingerprint density at radius 1 is 1.18 bits per heavy atom. The van der Waals surface area contributed by atoms with Crippen LogP contribution in [0.2, 0.25) is 5.02 Å². The van der Waals surface area contributed by atoms with Gasteiger partial charge in [0.05, 0.1) is 52.0 Å². The number of aromatic nitrogens is 3. The highest BCUT2D eigenvalue weighted by atomic mass is 35.5. The van der Waals surface area contributed by atoms with Gasteiger partial charge in [0.1, 0.15) is 0 Å². The van der Waals surface area contributed by atoms with Crippen molar-refractivity contribution in [2.45, 2.75) is 30.8 Å². The first-order valence-electron chi connectivity index (χ1n) is 9.69. The predicted molar refractivity (Wildman–Crippen MR) is 110 cm³/mol. The number of hydrogen-bond donors (Lipinski definition) is 0. The molecule has 0 bridgehead atoms. The van der Waals surface area contributed by atoms with Crippen molar-refractivity contribution in [3.05, 3.63) is 41.4 Å². The molecule has 2 aliphatic rings. The predicted octanol–water partition coefficient (Wildman–Crippen LogP) is 3.33. The zero-order valence-electron chi connectivity index (χ0n) is 16.0. The van der Waals surface area contributed by atoms with E-state index >= 15 is 0 Å². The summed E-state index contributed by atoms with van der Waals surface area (Å²) in [6.45, 7) is 3.33. The molecule has 4 rings (SSSR count). The standard InChI is InChI=1S/C20H25ClN4O2S/c1-28(26)18-3-2-17(22-11-18)13-27-12-15-8-19(15)14-4-6-25(7-5-14)20-23-9-16(21)10-24-20/h2-3,9-11,14-15,19H,4-8,12-13H2,1H3/t15-,19+,28?/m0/s1. The van der Waals surface area contributed by atoms with Crippen molar-refractivity contribution in [2.24, 2.45) is 17.8 Å². The van der Waals surface area contributed by atoms with Crippen molar-refractivity contribution >= 4 is 28.3 Å². The van der Waals surface area contributed by atoms with Gasteiger partial charge in [-0.25, -0.2) is 9.97 Å². The summed E-state index contributed by atoms with van der Waals surface area (Å²) >= 11 is 5.87. The average molecular weight is 421 g/mol. The minimum atomic E-state index is -0.985. The monoisotopic (exact) mass is 420 g/mol. The number of piperidine rings is 1. The Kier molecular flexibility index (Phi) is 6.23. The van der Waals surface area contributed by atoms with Crippen LogP contribution in [0.25, 0.3) is 0 Å². The molecule has 1 aliphatic heterocycles. The van der Waals surface area contributed by atoms with E-state index < -0.39 is 10.8 Å². The van der Waals surface area contributed by atoms with Crippen LogP contribution in [0.4, 0.5) is 5.95 Å². The van der Waals surface area contributed by atoms with E-state index in [2.05, 4.69) is 19.9 Å². The first-order chi connectivity index (χ1) is 13.6. The summed E-state index contributed by atoms with van der Waals surface area (Å²) in [5, 5.41) is 0.575. The lowest BCUT2D eigenvalue weighted by Gasteiger charge is -2.32. The molecule has 1 saturated heterocycles. The summed E-state index contributed by atoms with van der Waals surface area (Å²) in [6, 6.07) is 3.76. The summed E-state index contributed by atoms with van der Waals surface area (Å²) in [7, 11) is -0.985. The zero-order valence-corrected chi connectivity index (χ0v) is 17.5. The highest BCUT2D eigenvalue weighted by Crippen LogP contribution is 2.48. The highest BCUT2D eigenvalue weighted by molar-refractivity contribution is 7.84. The molecule has 28 heavy (non-hydrogen) atoms. The molecule has 6 nitrogen and oxygen atoms in total. The molecule has 8 heteroatoms. The summed E-state index contributed by atoms with van der Waals surface area (Å²) in [5.41, 5.74) is 0.891. The van der Waals surface area contributed by atoms with Crippen LogP contribution in [0.15, 0.2) is 35.6 Å². The maximum absolute atomic E-state index is 11.4. The summed E-state index contributed by atoms with van der Waals surface area (Å²) in [4.78, 5) is 16.0. The molecule has 2 aromatic heterocycles.